The highest BCUT2D eigenvalue weighted by Crippen LogP contribution is 2.28. The number of nitrogens with zero attached hydrogens (tertiary/aromatic N) is 1. The lowest BCUT2D eigenvalue weighted by molar-refractivity contribution is -0.150. The molecule has 1 N–H and O–H groups in total. The van der Waals surface area contributed by atoms with Gasteiger partial charge in [-0.3, -0.25) is 4.79 Å². The summed E-state index contributed by atoms with van der Waals surface area (Å²) >= 11 is 0. The summed E-state index contributed by atoms with van der Waals surface area (Å²) in [7, 11) is 1.45. The van der Waals surface area contributed by atoms with Crippen LogP contribution >= 0.6 is 0 Å². The number of rotatable bonds is 3. The van der Waals surface area contributed by atoms with E-state index < -0.39 is 5.41 Å². The van der Waals surface area contributed by atoms with Crippen LogP contribution in [-0.4, -0.2) is 32.2 Å². The highest BCUT2D eigenvalue weighted by molar-refractivity contribution is 5.77. The molecule has 0 saturated heterocycles. The Labute approximate surface area is 121 Å². The largest absolute Gasteiger partial charge is 0.469 e. The van der Waals surface area contributed by atoms with E-state index in [-0.39, 0.29) is 5.97 Å². The molecule has 0 aliphatic carbocycles. The van der Waals surface area contributed by atoms with Crippen LogP contribution in [0, 0.1) is 5.41 Å². The van der Waals surface area contributed by atoms with Crippen molar-refractivity contribution in [2.75, 3.05) is 25.1 Å². The third-order valence-electron chi connectivity index (χ3n) is 3.79. The van der Waals surface area contributed by atoms with E-state index in [1.54, 1.807) is 0 Å². The van der Waals surface area contributed by atoms with Crippen molar-refractivity contribution in [1.29, 1.82) is 0 Å². The minimum absolute atomic E-state index is 0.167. The molecule has 1 aliphatic rings. The number of esters is 1. The Bertz CT molecular complexity index is 485. The van der Waals surface area contributed by atoms with Crippen LogP contribution in [0.5, 0.6) is 0 Å². The summed E-state index contributed by atoms with van der Waals surface area (Å²) in [5, 5.41) is 3.50. The summed E-state index contributed by atoms with van der Waals surface area (Å²) < 4.78 is 4.92. The van der Waals surface area contributed by atoms with E-state index in [0.717, 1.165) is 13.1 Å². The van der Waals surface area contributed by atoms with Crippen molar-refractivity contribution >= 4 is 11.7 Å². The molecule has 4 nitrogen and oxygen atoms in total. The van der Waals surface area contributed by atoms with Gasteiger partial charge in [0.1, 0.15) is 0 Å². The number of benzene rings is 1. The normalized spacial score (nSPS) is 19.2. The van der Waals surface area contributed by atoms with Gasteiger partial charge in [0.15, 0.2) is 0 Å². The van der Waals surface area contributed by atoms with Gasteiger partial charge in [0, 0.05) is 31.4 Å². The lowest BCUT2D eigenvalue weighted by Crippen LogP contribution is -2.44. The van der Waals surface area contributed by atoms with E-state index in [4.69, 9.17) is 4.74 Å². The molecule has 0 saturated carbocycles. The van der Waals surface area contributed by atoms with Crippen molar-refractivity contribution in [3.8, 4) is 0 Å². The number of ether oxygens (including phenoxy) is 1. The van der Waals surface area contributed by atoms with Gasteiger partial charge in [0.25, 0.3) is 0 Å². The number of carbonyl (C=O) groups is 1. The Balaban J connectivity index is 2.27. The van der Waals surface area contributed by atoms with Gasteiger partial charge in [0.05, 0.1) is 12.5 Å². The molecule has 0 fully saturated rings. The number of anilines is 1. The lowest BCUT2D eigenvalue weighted by Gasteiger charge is -2.33. The first kappa shape index (κ1) is 14.9. The highest BCUT2D eigenvalue weighted by Gasteiger charge is 2.33. The third-order valence-corrected chi connectivity index (χ3v) is 3.79. The zero-order valence-corrected chi connectivity index (χ0v) is 12.8. The summed E-state index contributed by atoms with van der Waals surface area (Å²) in [5.74, 6) is -0.167. The van der Waals surface area contributed by atoms with Crippen LogP contribution in [0.3, 0.4) is 0 Å². The van der Waals surface area contributed by atoms with E-state index in [2.05, 4.69) is 35.3 Å². The molecule has 0 amide bonds. The first-order valence-electron chi connectivity index (χ1n) is 7.08. The van der Waals surface area contributed by atoms with E-state index in [9.17, 15) is 4.79 Å². The molecule has 1 atom stereocenters. The molecule has 1 aromatic carbocycles. The van der Waals surface area contributed by atoms with Crippen molar-refractivity contribution in [2.45, 2.75) is 33.4 Å². The van der Waals surface area contributed by atoms with Gasteiger partial charge in [-0.2, -0.15) is 0 Å². The second-order valence-electron chi connectivity index (χ2n) is 6.17. The number of hydrogen-bond acceptors (Lipinski definition) is 4. The van der Waals surface area contributed by atoms with Gasteiger partial charge in [-0.15, -0.1) is 0 Å². The van der Waals surface area contributed by atoms with Crippen LogP contribution < -0.4 is 10.2 Å². The zero-order valence-electron chi connectivity index (χ0n) is 12.8. The second-order valence-corrected chi connectivity index (χ2v) is 6.17. The molecule has 110 valence electrons. The highest BCUT2D eigenvalue weighted by atomic mass is 16.5. The van der Waals surface area contributed by atoms with Gasteiger partial charge in [-0.1, -0.05) is 18.2 Å². The fourth-order valence-electron chi connectivity index (χ4n) is 2.71. The lowest BCUT2D eigenvalue weighted by atomic mass is 9.92. The molecule has 0 radical (unpaired) electrons. The summed E-state index contributed by atoms with van der Waals surface area (Å²) in [6.45, 7) is 8.45. The van der Waals surface area contributed by atoms with Crippen LogP contribution in [0.4, 0.5) is 5.69 Å². The number of fused-ring (bicyclic) bond motifs is 1. The SMILES string of the molecule is COC(=O)C(C)(C)CN1CC(C)NCc2ccccc21. The van der Waals surface area contributed by atoms with Crippen molar-refractivity contribution in [3.05, 3.63) is 29.8 Å². The Morgan fingerprint density at radius 2 is 2.15 bits per heavy atom. The number of carbonyl (C=O) groups excluding carboxylic acids is 1. The number of para-hydroxylation sites is 1. The Kier molecular flexibility index (Phi) is 4.33. The van der Waals surface area contributed by atoms with Crippen LogP contribution in [0.15, 0.2) is 24.3 Å². The molecule has 20 heavy (non-hydrogen) atoms. The fourth-order valence-corrected chi connectivity index (χ4v) is 2.71. The molecule has 1 aromatic rings. The molecule has 2 rings (SSSR count). The van der Waals surface area contributed by atoms with E-state index >= 15 is 0 Å². The van der Waals surface area contributed by atoms with E-state index in [1.807, 2.05) is 19.9 Å². The zero-order chi connectivity index (χ0) is 14.8. The first-order valence-corrected chi connectivity index (χ1v) is 7.08. The molecule has 1 unspecified atom stereocenters. The quantitative estimate of drug-likeness (QED) is 0.859. The fraction of sp³-hybridized carbons (Fsp3) is 0.562. The predicted molar refractivity (Wildman–Crippen MR) is 80.8 cm³/mol. The van der Waals surface area contributed by atoms with Gasteiger partial charge < -0.3 is 15.0 Å². The predicted octanol–water partition coefficient (Wildman–Crippen LogP) is 2.18. The topological polar surface area (TPSA) is 41.6 Å². The summed E-state index contributed by atoms with van der Waals surface area (Å²) in [4.78, 5) is 14.2. The monoisotopic (exact) mass is 276 g/mol. The van der Waals surface area contributed by atoms with Gasteiger partial charge >= 0.3 is 5.97 Å². The smallest absolute Gasteiger partial charge is 0.313 e. The molecule has 0 spiro atoms. The first-order chi connectivity index (χ1) is 9.44. The summed E-state index contributed by atoms with van der Waals surface area (Å²) in [6.07, 6.45) is 0. The molecule has 0 aromatic heterocycles. The number of nitrogens with one attached hydrogen (secondary N) is 1. The summed E-state index contributed by atoms with van der Waals surface area (Å²) in [5.41, 5.74) is 1.96. The number of methoxy groups -OCH3 is 1. The number of hydrogen-bond donors (Lipinski definition) is 1. The Hall–Kier alpha value is -1.55. The molecular formula is C16H24N2O2. The minimum atomic E-state index is -0.522. The van der Waals surface area contributed by atoms with Crippen LogP contribution in [0.1, 0.15) is 26.3 Å². The maximum absolute atomic E-state index is 11.9. The second kappa shape index (κ2) is 5.83. The average molecular weight is 276 g/mol. The van der Waals surface area contributed by atoms with Gasteiger partial charge in [0.2, 0.25) is 0 Å². The minimum Gasteiger partial charge on any atom is -0.469 e. The standard InChI is InChI=1S/C16H24N2O2/c1-12-10-18(11-16(2,3)15(19)20-4)14-8-6-5-7-13(14)9-17-12/h5-8,12,17H,9-11H2,1-4H3. The van der Waals surface area contributed by atoms with E-state index in [0.29, 0.717) is 12.6 Å². The van der Waals surface area contributed by atoms with Crippen LogP contribution in [0.25, 0.3) is 0 Å². The van der Waals surface area contributed by atoms with Crippen LogP contribution in [-0.2, 0) is 16.1 Å². The van der Waals surface area contributed by atoms with E-state index in [1.165, 1.54) is 18.4 Å². The Morgan fingerprint density at radius 1 is 1.45 bits per heavy atom. The van der Waals surface area contributed by atoms with Crippen molar-refractivity contribution in [2.24, 2.45) is 5.41 Å². The average Bonchev–Trinajstić information content (AvgIpc) is 2.57. The van der Waals surface area contributed by atoms with Gasteiger partial charge in [-0.25, -0.2) is 0 Å². The molecule has 4 heteroatoms. The molecule has 1 aliphatic heterocycles. The van der Waals surface area contributed by atoms with Crippen molar-refractivity contribution < 1.29 is 9.53 Å². The van der Waals surface area contributed by atoms with Crippen molar-refractivity contribution in [3.63, 3.8) is 0 Å². The maximum atomic E-state index is 11.9. The third kappa shape index (κ3) is 3.12. The Morgan fingerprint density at radius 3 is 2.85 bits per heavy atom. The molecule has 1 heterocycles. The molecular weight excluding hydrogens is 252 g/mol. The summed E-state index contributed by atoms with van der Waals surface area (Å²) in [6, 6.07) is 8.75. The van der Waals surface area contributed by atoms with Crippen LogP contribution in [0.2, 0.25) is 0 Å². The van der Waals surface area contributed by atoms with Crippen molar-refractivity contribution in [1.82, 2.24) is 5.32 Å². The van der Waals surface area contributed by atoms with Gasteiger partial charge in [-0.05, 0) is 32.4 Å². The molecule has 0 bridgehead atoms. The maximum Gasteiger partial charge on any atom is 0.313 e.